The van der Waals surface area contributed by atoms with Gasteiger partial charge >= 0.3 is 5.97 Å². The highest BCUT2D eigenvalue weighted by Crippen LogP contribution is 2.32. The van der Waals surface area contributed by atoms with E-state index in [9.17, 15) is 9.59 Å². The highest BCUT2D eigenvalue weighted by Gasteiger charge is 2.21. The van der Waals surface area contributed by atoms with Gasteiger partial charge in [0, 0.05) is 29.5 Å². The molecule has 3 unspecified atom stereocenters. The maximum Gasteiger partial charge on any atom is 0.305 e. The topological polar surface area (TPSA) is 90.2 Å². The molecule has 0 saturated carbocycles. The molecule has 0 fully saturated rings. The summed E-state index contributed by atoms with van der Waals surface area (Å²) in [7, 11) is 0. The Morgan fingerprint density at radius 1 is 1.30 bits per heavy atom. The maximum absolute atomic E-state index is 12.1. The van der Waals surface area contributed by atoms with E-state index >= 15 is 0 Å². The number of carbonyl (C=O) groups is 2. The Labute approximate surface area is 178 Å². The van der Waals surface area contributed by atoms with Crippen LogP contribution in [0.5, 0.6) is 0 Å². The first-order chi connectivity index (χ1) is 14.5. The van der Waals surface area contributed by atoms with Crippen LogP contribution in [0.1, 0.15) is 26.2 Å². The monoisotopic (exact) mass is 404 g/mol. The van der Waals surface area contributed by atoms with Crippen LogP contribution in [0.15, 0.2) is 84.1 Å². The van der Waals surface area contributed by atoms with Gasteiger partial charge in [-0.3, -0.25) is 9.59 Å². The van der Waals surface area contributed by atoms with Crippen molar-refractivity contribution in [3.63, 3.8) is 0 Å². The van der Waals surface area contributed by atoms with Gasteiger partial charge in [-0.2, -0.15) is 5.26 Å². The van der Waals surface area contributed by atoms with Crippen molar-refractivity contribution in [3.05, 3.63) is 84.1 Å². The van der Waals surface area contributed by atoms with Gasteiger partial charge in [-0.25, -0.2) is 0 Å². The number of fused-ring (bicyclic) bond motifs is 1. The molecule has 30 heavy (non-hydrogen) atoms. The Balaban J connectivity index is 1.95. The summed E-state index contributed by atoms with van der Waals surface area (Å²) in [5, 5.41) is 20.3. The number of allylic oxidation sites excluding steroid dienone is 11. The summed E-state index contributed by atoms with van der Waals surface area (Å²) in [5.41, 5.74) is 2.38. The highest BCUT2D eigenvalue weighted by atomic mass is 16.4. The van der Waals surface area contributed by atoms with Gasteiger partial charge in [0.25, 0.3) is 5.91 Å². The van der Waals surface area contributed by atoms with E-state index in [1.807, 2.05) is 18.2 Å². The molecule has 0 radical (unpaired) electrons. The van der Waals surface area contributed by atoms with Crippen LogP contribution in [0.4, 0.5) is 0 Å². The molecule has 0 bridgehead atoms. The van der Waals surface area contributed by atoms with Crippen molar-refractivity contribution >= 4 is 11.9 Å². The van der Waals surface area contributed by atoms with E-state index in [0.717, 1.165) is 12.8 Å². The van der Waals surface area contributed by atoms with Crippen LogP contribution in [0.25, 0.3) is 0 Å². The van der Waals surface area contributed by atoms with Gasteiger partial charge in [0.15, 0.2) is 0 Å². The molecular formula is C25H28N2O3. The summed E-state index contributed by atoms with van der Waals surface area (Å²) in [5.74, 6) is -0.408. The van der Waals surface area contributed by atoms with Crippen LogP contribution in [-0.4, -0.2) is 23.5 Å². The minimum atomic E-state index is -0.951. The third-order valence-corrected chi connectivity index (χ3v) is 5.17. The van der Waals surface area contributed by atoms with Gasteiger partial charge in [-0.15, -0.1) is 0 Å². The van der Waals surface area contributed by atoms with Crippen LogP contribution in [-0.2, 0) is 9.59 Å². The first-order valence-electron chi connectivity index (χ1n) is 10.2. The number of nitriles is 1. The molecule has 2 rings (SSSR count). The summed E-state index contributed by atoms with van der Waals surface area (Å²) < 4.78 is 0. The van der Waals surface area contributed by atoms with Gasteiger partial charge in [-0.1, -0.05) is 67.7 Å². The fourth-order valence-electron chi connectivity index (χ4n) is 3.40. The van der Waals surface area contributed by atoms with Gasteiger partial charge in [0.1, 0.15) is 0 Å². The SMILES string of the molecule is C=C/C(=C\C=C\C(CC)CC1=CC2C=CC(C#N)=CC2C=C1)C(=O)NCCC(=O)O. The van der Waals surface area contributed by atoms with Crippen molar-refractivity contribution in [2.75, 3.05) is 6.54 Å². The van der Waals surface area contributed by atoms with Gasteiger partial charge in [0.05, 0.1) is 12.5 Å². The van der Waals surface area contributed by atoms with Gasteiger partial charge in [-0.05, 0) is 30.9 Å². The molecule has 0 aromatic rings. The Bertz CT molecular complexity index is 894. The van der Waals surface area contributed by atoms with Crippen LogP contribution < -0.4 is 5.32 Å². The second kappa shape index (κ2) is 11.6. The third-order valence-electron chi connectivity index (χ3n) is 5.17. The number of rotatable bonds is 10. The van der Waals surface area contributed by atoms with Crippen molar-refractivity contribution in [1.82, 2.24) is 5.32 Å². The number of amides is 1. The quantitative estimate of drug-likeness (QED) is 0.417. The van der Waals surface area contributed by atoms with E-state index < -0.39 is 5.97 Å². The second-order valence-electron chi connectivity index (χ2n) is 7.33. The molecule has 0 aliphatic heterocycles. The van der Waals surface area contributed by atoms with Crippen LogP contribution >= 0.6 is 0 Å². The zero-order chi connectivity index (χ0) is 21.9. The molecule has 2 aliphatic carbocycles. The fourth-order valence-corrected chi connectivity index (χ4v) is 3.40. The number of nitrogens with one attached hydrogen (secondary N) is 1. The predicted molar refractivity (Wildman–Crippen MR) is 118 cm³/mol. The van der Waals surface area contributed by atoms with E-state index in [0.29, 0.717) is 23.0 Å². The first kappa shape index (κ1) is 22.9. The lowest BCUT2D eigenvalue weighted by atomic mass is 9.79. The van der Waals surface area contributed by atoms with Crippen LogP contribution in [0.2, 0.25) is 0 Å². The predicted octanol–water partition coefficient (Wildman–Crippen LogP) is 4.41. The molecular weight excluding hydrogens is 376 g/mol. The molecule has 2 aliphatic rings. The average molecular weight is 405 g/mol. The molecule has 0 aromatic heterocycles. The molecule has 2 N–H and O–H groups in total. The van der Waals surface area contributed by atoms with Gasteiger partial charge in [0.2, 0.25) is 0 Å². The zero-order valence-corrected chi connectivity index (χ0v) is 17.3. The number of aliphatic carboxylic acids is 1. The number of hydrogen-bond acceptors (Lipinski definition) is 3. The molecule has 0 heterocycles. The number of carboxylic acids is 1. The summed E-state index contributed by atoms with van der Waals surface area (Å²) in [6, 6.07) is 2.19. The van der Waals surface area contributed by atoms with E-state index in [2.05, 4.69) is 55.3 Å². The normalized spacial score (nSPS) is 21.3. The summed E-state index contributed by atoms with van der Waals surface area (Å²) in [4.78, 5) is 22.6. The number of carbonyl (C=O) groups excluding carboxylic acids is 1. The lowest BCUT2D eigenvalue weighted by molar-refractivity contribution is -0.136. The molecule has 5 heteroatoms. The second-order valence-corrected chi connectivity index (χ2v) is 7.33. The average Bonchev–Trinajstić information content (AvgIpc) is 2.75. The summed E-state index contributed by atoms with van der Waals surface area (Å²) in [6.45, 7) is 5.87. The van der Waals surface area contributed by atoms with E-state index in [1.54, 1.807) is 6.08 Å². The van der Waals surface area contributed by atoms with E-state index in [1.165, 1.54) is 11.6 Å². The summed E-state index contributed by atoms with van der Waals surface area (Å²) in [6.07, 6.45) is 21.4. The Morgan fingerprint density at radius 2 is 2.03 bits per heavy atom. The van der Waals surface area contributed by atoms with Crippen molar-refractivity contribution < 1.29 is 14.7 Å². The molecule has 156 valence electrons. The van der Waals surface area contributed by atoms with E-state index in [-0.39, 0.29) is 24.8 Å². The van der Waals surface area contributed by atoms with Crippen molar-refractivity contribution in [3.8, 4) is 6.07 Å². The van der Waals surface area contributed by atoms with Crippen molar-refractivity contribution in [2.24, 2.45) is 17.8 Å². The van der Waals surface area contributed by atoms with Crippen molar-refractivity contribution in [2.45, 2.75) is 26.2 Å². The Morgan fingerprint density at radius 3 is 2.70 bits per heavy atom. The largest absolute Gasteiger partial charge is 0.481 e. The van der Waals surface area contributed by atoms with E-state index in [4.69, 9.17) is 10.4 Å². The Kier molecular flexibility index (Phi) is 8.83. The van der Waals surface area contributed by atoms with Crippen LogP contribution in [0, 0.1) is 29.1 Å². The number of hydrogen-bond donors (Lipinski definition) is 2. The third kappa shape index (κ3) is 6.89. The lowest BCUT2D eigenvalue weighted by Gasteiger charge is -2.25. The zero-order valence-electron chi connectivity index (χ0n) is 17.3. The standard InChI is InChI=1S/C25H28N2O3/c1-3-18(6-5-7-21(4-2)25(30)27-13-12-24(28)29)14-19-8-10-23-16-20(17-26)9-11-22(23)15-19/h4-11,15-16,18,22-23H,2-3,12-14H2,1H3,(H,27,30)(H,28,29)/b6-5+,21-7+. The van der Waals surface area contributed by atoms with Gasteiger partial charge < -0.3 is 10.4 Å². The first-order valence-corrected chi connectivity index (χ1v) is 10.2. The van der Waals surface area contributed by atoms with Crippen molar-refractivity contribution in [1.29, 1.82) is 5.26 Å². The lowest BCUT2D eigenvalue weighted by Crippen LogP contribution is -2.26. The highest BCUT2D eigenvalue weighted by molar-refractivity contribution is 5.96. The Hall–Kier alpha value is -3.39. The smallest absolute Gasteiger partial charge is 0.305 e. The summed E-state index contributed by atoms with van der Waals surface area (Å²) >= 11 is 0. The number of carboxylic acid groups (broad SMARTS) is 1. The maximum atomic E-state index is 12.1. The molecule has 5 nitrogen and oxygen atoms in total. The number of nitrogens with zero attached hydrogens (tertiary/aromatic N) is 1. The molecule has 0 saturated heterocycles. The molecule has 3 atom stereocenters. The minimum absolute atomic E-state index is 0.0861. The minimum Gasteiger partial charge on any atom is -0.481 e. The molecule has 0 aromatic carbocycles. The molecule has 0 spiro atoms. The fraction of sp³-hybridized carbons (Fsp3) is 0.320. The molecule has 1 amide bonds. The van der Waals surface area contributed by atoms with Crippen LogP contribution in [0.3, 0.4) is 0 Å².